The topological polar surface area (TPSA) is 90.8 Å². The quantitative estimate of drug-likeness (QED) is 0.282. The van der Waals surface area contributed by atoms with E-state index in [1.54, 1.807) is 0 Å². The molecule has 139 valence electrons. The first-order valence-corrected chi connectivity index (χ1v) is 7.44. The summed E-state index contributed by atoms with van der Waals surface area (Å²) >= 11 is 0. The third kappa shape index (κ3) is 6.48. The van der Waals surface area contributed by atoms with Crippen molar-refractivity contribution in [1.82, 2.24) is 0 Å². The second-order valence-electron chi connectivity index (χ2n) is 5.24. The Bertz CT molecular complexity index is 914. The molecule has 0 unspecified atom stereocenters. The van der Waals surface area contributed by atoms with E-state index in [0.29, 0.717) is 5.69 Å². The van der Waals surface area contributed by atoms with Crippen LogP contribution in [0.1, 0.15) is 0 Å². The molecule has 0 aliphatic rings. The number of azo groups is 1. The predicted octanol–water partition coefficient (Wildman–Crippen LogP) is 4.32. The molecule has 0 aliphatic carbocycles. The van der Waals surface area contributed by atoms with Crippen molar-refractivity contribution in [1.29, 1.82) is 0 Å². The maximum Gasteiger partial charge on any atom is 0 e. The van der Waals surface area contributed by atoms with Crippen LogP contribution < -0.4 is 10.0 Å². The van der Waals surface area contributed by atoms with E-state index in [2.05, 4.69) is 23.5 Å². The van der Waals surface area contributed by atoms with Crippen LogP contribution in [0.15, 0.2) is 70.9 Å². The van der Waals surface area contributed by atoms with E-state index >= 15 is 0 Å². The number of nitrogens with zero attached hydrogens (tertiary/aromatic N) is 3. The zero-order chi connectivity index (χ0) is 19.5. The molecule has 0 saturated carbocycles. The standard InChI is InChI=1S/C18H17N3O.2CO.Ir/c1-21(2)15-10-8-14(9-11-15)19-20-18-16-6-4-3-5-13(16)7-12-17(18)22;2*1-2;/h3-12,22H,1-2H3;;;/p-1. The third-order valence-corrected chi connectivity index (χ3v) is 3.50. The molecule has 6 nitrogen and oxygen atoms in total. The fraction of sp³-hybridized carbons (Fsp3) is 0.100. The second-order valence-corrected chi connectivity index (χ2v) is 5.24. The molecule has 0 bridgehead atoms. The summed E-state index contributed by atoms with van der Waals surface area (Å²) in [5.41, 5.74) is 2.20. The average Bonchev–Trinajstić information content (AvgIpc) is 2.70. The van der Waals surface area contributed by atoms with Gasteiger partial charge in [0.25, 0.3) is 0 Å². The van der Waals surface area contributed by atoms with Crippen LogP contribution in [0.25, 0.3) is 10.8 Å². The van der Waals surface area contributed by atoms with E-state index in [0.717, 1.165) is 22.1 Å². The molecule has 0 amide bonds. The van der Waals surface area contributed by atoms with E-state index < -0.39 is 0 Å². The molecule has 0 saturated heterocycles. The first kappa shape index (κ1) is 24.2. The monoisotopic (exact) mass is 539 g/mol. The molecule has 3 aromatic carbocycles. The van der Waals surface area contributed by atoms with E-state index in [1.165, 1.54) is 6.07 Å². The van der Waals surface area contributed by atoms with Gasteiger partial charge in [0, 0.05) is 45.3 Å². The molecule has 0 aliphatic heterocycles. The van der Waals surface area contributed by atoms with Gasteiger partial charge in [-0.25, -0.2) is 0 Å². The SMILES string of the molecule is CN(C)c1ccc(N=Nc2c([O-])ccc3ccccc23)cc1.[C-]#[O+].[C-]#[O+].[Ir]. The van der Waals surface area contributed by atoms with Crippen LogP contribution in [0.4, 0.5) is 17.1 Å². The summed E-state index contributed by atoms with van der Waals surface area (Å²) in [6, 6.07) is 18.7. The summed E-state index contributed by atoms with van der Waals surface area (Å²) < 4.78 is 15.0. The molecule has 3 rings (SSSR count). The van der Waals surface area contributed by atoms with Gasteiger partial charge in [0.2, 0.25) is 0 Å². The van der Waals surface area contributed by atoms with Crippen LogP contribution >= 0.6 is 0 Å². The van der Waals surface area contributed by atoms with Crippen molar-refractivity contribution < 1.29 is 34.5 Å². The summed E-state index contributed by atoms with van der Waals surface area (Å²) in [6.45, 7) is 9.00. The molecule has 0 heterocycles. The van der Waals surface area contributed by atoms with Crippen LogP contribution in [0.3, 0.4) is 0 Å². The normalized spacial score (nSPS) is 9.26. The Balaban J connectivity index is 0.00000127. The largest absolute Gasteiger partial charge is 0 e. The Kier molecular flexibility index (Phi) is 11.3. The summed E-state index contributed by atoms with van der Waals surface area (Å²) in [5, 5.41) is 22.2. The van der Waals surface area contributed by atoms with Gasteiger partial charge in [0.1, 0.15) is 0 Å². The van der Waals surface area contributed by atoms with Gasteiger partial charge in [0.15, 0.2) is 0 Å². The molecule has 0 aromatic heterocycles. The van der Waals surface area contributed by atoms with Crippen molar-refractivity contribution in [3.8, 4) is 5.75 Å². The zero-order valence-electron chi connectivity index (χ0n) is 14.7. The van der Waals surface area contributed by atoms with Crippen LogP contribution in [0, 0.1) is 13.3 Å². The fourth-order valence-electron chi connectivity index (χ4n) is 2.26. The predicted molar refractivity (Wildman–Crippen MR) is 96.2 cm³/mol. The number of fused-ring (bicyclic) bond motifs is 1. The average molecular weight is 539 g/mol. The van der Waals surface area contributed by atoms with Gasteiger partial charge >= 0.3 is 22.6 Å². The first-order chi connectivity index (χ1) is 12.6. The second kappa shape index (κ2) is 12.6. The van der Waals surface area contributed by atoms with Crippen molar-refractivity contribution >= 4 is 27.8 Å². The van der Waals surface area contributed by atoms with E-state index in [9.17, 15) is 5.11 Å². The van der Waals surface area contributed by atoms with Gasteiger partial charge in [-0.2, -0.15) is 10.2 Å². The molecular formula is C20H16IrN3O3-. The van der Waals surface area contributed by atoms with Crippen molar-refractivity contribution in [3.63, 3.8) is 0 Å². The molecular weight excluding hydrogens is 522 g/mol. The maximum atomic E-state index is 12.0. The summed E-state index contributed by atoms with van der Waals surface area (Å²) in [5.74, 6) is -0.118. The van der Waals surface area contributed by atoms with Crippen molar-refractivity contribution in [2.45, 2.75) is 0 Å². The van der Waals surface area contributed by atoms with Crippen molar-refractivity contribution in [2.75, 3.05) is 19.0 Å². The minimum absolute atomic E-state index is 0. The summed E-state index contributed by atoms with van der Waals surface area (Å²) in [6.07, 6.45) is 0. The van der Waals surface area contributed by atoms with E-state index in [4.69, 9.17) is 9.30 Å². The molecule has 0 N–H and O–H groups in total. The van der Waals surface area contributed by atoms with Gasteiger partial charge in [0.05, 0.1) is 11.4 Å². The Morgan fingerprint density at radius 3 is 2.00 bits per heavy atom. The Morgan fingerprint density at radius 1 is 0.815 bits per heavy atom. The van der Waals surface area contributed by atoms with Gasteiger partial charge in [-0.1, -0.05) is 42.1 Å². The summed E-state index contributed by atoms with van der Waals surface area (Å²) in [7, 11) is 3.96. The summed E-state index contributed by atoms with van der Waals surface area (Å²) in [4.78, 5) is 2.02. The van der Waals surface area contributed by atoms with Crippen LogP contribution in [-0.4, -0.2) is 14.1 Å². The maximum absolute atomic E-state index is 12.0. The third-order valence-electron chi connectivity index (χ3n) is 3.50. The number of rotatable bonds is 3. The van der Waals surface area contributed by atoms with E-state index in [-0.39, 0.29) is 25.9 Å². The van der Waals surface area contributed by atoms with Crippen LogP contribution in [0.5, 0.6) is 5.75 Å². The minimum Gasteiger partial charge on any atom is 0 e. The van der Waals surface area contributed by atoms with Gasteiger partial charge < -0.3 is 10.0 Å². The van der Waals surface area contributed by atoms with Crippen molar-refractivity contribution in [3.05, 3.63) is 74.0 Å². The number of hydrogen-bond donors (Lipinski definition) is 0. The molecule has 27 heavy (non-hydrogen) atoms. The molecule has 0 atom stereocenters. The first-order valence-electron chi connectivity index (χ1n) is 7.44. The molecule has 3 aromatic rings. The number of benzene rings is 3. The number of anilines is 1. The molecule has 0 fully saturated rings. The minimum atomic E-state index is -0.118. The Morgan fingerprint density at radius 2 is 1.41 bits per heavy atom. The van der Waals surface area contributed by atoms with Gasteiger partial charge in [-0.05, 0) is 29.7 Å². The van der Waals surface area contributed by atoms with E-state index in [1.807, 2.05) is 73.6 Å². The van der Waals surface area contributed by atoms with Crippen LogP contribution in [-0.2, 0) is 29.4 Å². The van der Waals surface area contributed by atoms with Crippen molar-refractivity contribution in [2.24, 2.45) is 10.2 Å². The van der Waals surface area contributed by atoms with Crippen LogP contribution in [0.2, 0.25) is 0 Å². The van der Waals surface area contributed by atoms with Gasteiger partial charge in [-0.15, -0.1) is 0 Å². The Labute approximate surface area is 171 Å². The molecule has 0 spiro atoms. The fourth-order valence-corrected chi connectivity index (χ4v) is 2.26. The Hall–Kier alpha value is -2.75. The molecule has 7 heteroatoms. The van der Waals surface area contributed by atoms with Gasteiger partial charge in [-0.3, -0.25) is 0 Å². The number of hydrogen-bond acceptors (Lipinski definition) is 4. The molecule has 1 radical (unpaired) electrons. The zero-order valence-corrected chi connectivity index (χ0v) is 17.1. The smallest absolute Gasteiger partial charge is 0 e.